The Balaban J connectivity index is 1.98. The van der Waals surface area contributed by atoms with Crippen LogP contribution in [0, 0.1) is 6.92 Å². The summed E-state index contributed by atoms with van der Waals surface area (Å²) in [7, 11) is -4.00. The third kappa shape index (κ3) is 4.09. The predicted octanol–water partition coefficient (Wildman–Crippen LogP) is 3.56. The maximum absolute atomic E-state index is 12.3. The molecule has 0 N–H and O–H groups in total. The van der Waals surface area contributed by atoms with Gasteiger partial charge in [-0.15, -0.1) is 0 Å². The van der Waals surface area contributed by atoms with Crippen molar-refractivity contribution in [3.8, 4) is 22.4 Å². The number of aromatic nitrogens is 1. The van der Waals surface area contributed by atoms with E-state index in [2.05, 4.69) is 9.55 Å². The fraction of sp³-hybridized carbons (Fsp3) is 0.200. The molecule has 0 saturated carbocycles. The van der Waals surface area contributed by atoms with Crippen LogP contribution >= 0.6 is 0 Å². The first-order valence-corrected chi connectivity index (χ1v) is 9.99. The van der Waals surface area contributed by atoms with Gasteiger partial charge in [-0.25, -0.2) is 0 Å². The van der Waals surface area contributed by atoms with Crippen molar-refractivity contribution in [2.45, 2.75) is 31.6 Å². The highest BCUT2D eigenvalue weighted by atomic mass is 32.2. The van der Waals surface area contributed by atoms with Crippen molar-refractivity contribution in [2.24, 2.45) is 4.40 Å². The maximum Gasteiger partial charge on any atom is 0.281 e. The van der Waals surface area contributed by atoms with E-state index < -0.39 is 15.9 Å². The predicted molar refractivity (Wildman–Crippen MR) is 102 cm³/mol. The van der Waals surface area contributed by atoms with E-state index >= 15 is 0 Å². The van der Waals surface area contributed by atoms with Crippen LogP contribution in [0.2, 0.25) is 0 Å². The topological polar surface area (TPSA) is 95.6 Å². The molecule has 0 amide bonds. The van der Waals surface area contributed by atoms with Crippen LogP contribution in [0.25, 0.3) is 22.4 Å². The van der Waals surface area contributed by atoms with Gasteiger partial charge in [0.25, 0.3) is 10.0 Å². The largest absolute Gasteiger partial charge is 0.861 e. The maximum atomic E-state index is 12.3. The van der Waals surface area contributed by atoms with E-state index in [9.17, 15) is 13.5 Å². The molecule has 0 aliphatic carbocycles. The Morgan fingerprint density at radius 1 is 1.07 bits per heavy atom. The molecule has 0 aliphatic heterocycles. The minimum atomic E-state index is -4.00. The van der Waals surface area contributed by atoms with Crippen LogP contribution in [0.4, 0.5) is 0 Å². The van der Waals surface area contributed by atoms with E-state index in [4.69, 9.17) is 4.52 Å². The van der Waals surface area contributed by atoms with Crippen molar-refractivity contribution in [3.63, 3.8) is 0 Å². The van der Waals surface area contributed by atoms with Crippen molar-refractivity contribution >= 4 is 15.9 Å². The molecule has 3 aromatic rings. The molecule has 0 bridgehead atoms. The number of rotatable bonds is 6. The lowest BCUT2D eigenvalue weighted by atomic mass is 10.00. The lowest BCUT2D eigenvalue weighted by molar-refractivity contribution is -0.218. The summed E-state index contributed by atoms with van der Waals surface area (Å²) in [6, 6.07) is 15.8. The van der Waals surface area contributed by atoms with Gasteiger partial charge in [0.15, 0.2) is 0 Å². The highest BCUT2D eigenvalue weighted by Crippen LogP contribution is 2.34. The van der Waals surface area contributed by atoms with Gasteiger partial charge in [-0.3, -0.25) is 0 Å². The van der Waals surface area contributed by atoms with E-state index in [1.807, 2.05) is 30.3 Å². The van der Waals surface area contributed by atoms with Crippen molar-refractivity contribution in [1.82, 2.24) is 5.16 Å². The van der Waals surface area contributed by atoms with Gasteiger partial charge in [-0.05, 0) is 36.9 Å². The van der Waals surface area contributed by atoms with E-state index in [0.29, 0.717) is 17.9 Å². The summed E-state index contributed by atoms with van der Waals surface area (Å²) in [5.41, 5.74) is 3.16. The van der Waals surface area contributed by atoms with Crippen LogP contribution in [0.1, 0.15) is 25.5 Å². The Morgan fingerprint density at radius 2 is 1.74 bits per heavy atom. The molecule has 27 heavy (non-hydrogen) atoms. The molecular formula is C20H19N2O4S-. The average Bonchev–Trinajstić information content (AvgIpc) is 3.04. The lowest BCUT2D eigenvalue weighted by Crippen LogP contribution is -2.19. The summed E-state index contributed by atoms with van der Waals surface area (Å²) in [6.45, 7) is 3.60. The third-order valence-electron chi connectivity index (χ3n) is 4.04. The molecule has 0 saturated heterocycles. The zero-order valence-corrected chi connectivity index (χ0v) is 15.9. The number of sulfonamides is 1. The van der Waals surface area contributed by atoms with E-state index in [1.54, 1.807) is 26.0 Å². The molecule has 0 atom stereocenters. The van der Waals surface area contributed by atoms with Gasteiger partial charge in [0.1, 0.15) is 11.5 Å². The Bertz CT molecular complexity index is 1050. The van der Waals surface area contributed by atoms with E-state index in [0.717, 1.165) is 16.7 Å². The molecule has 0 unspecified atom stereocenters. The highest BCUT2D eigenvalue weighted by molar-refractivity contribution is 7.90. The monoisotopic (exact) mass is 383 g/mol. The Labute approximate surface area is 158 Å². The zero-order chi connectivity index (χ0) is 19.4. The van der Waals surface area contributed by atoms with Gasteiger partial charge in [-0.1, -0.05) is 61.0 Å². The van der Waals surface area contributed by atoms with Gasteiger partial charge >= 0.3 is 0 Å². The number of hydrogen-bond donors (Lipinski definition) is 0. The molecular weight excluding hydrogens is 364 g/mol. The molecule has 0 radical (unpaired) electrons. The molecule has 0 fully saturated rings. The molecule has 0 spiro atoms. The molecule has 1 aromatic heterocycles. The second-order valence-electron chi connectivity index (χ2n) is 6.06. The SMILES string of the molecule is CCC/C([O-])=N/S(=O)(=O)c1ccc(-c2c(-c3ccccc3)noc2C)cc1. The molecule has 7 heteroatoms. The minimum absolute atomic E-state index is 0.0222. The van der Waals surface area contributed by atoms with Crippen LogP contribution in [0.5, 0.6) is 0 Å². The number of aryl methyl sites for hydroxylation is 1. The molecule has 3 rings (SSSR count). The quantitative estimate of drug-likeness (QED) is 0.479. The molecule has 1 heterocycles. The smallest absolute Gasteiger partial charge is 0.281 e. The second kappa shape index (κ2) is 7.75. The fourth-order valence-electron chi connectivity index (χ4n) is 2.75. The summed E-state index contributed by atoms with van der Waals surface area (Å²) in [5.74, 6) is -0.00455. The van der Waals surface area contributed by atoms with Gasteiger partial charge < -0.3 is 9.63 Å². The van der Waals surface area contributed by atoms with E-state index in [-0.39, 0.29) is 11.3 Å². The van der Waals surface area contributed by atoms with Crippen LogP contribution in [0.15, 0.2) is 68.4 Å². The lowest BCUT2D eigenvalue weighted by Gasteiger charge is -2.09. The molecule has 0 aliphatic rings. The molecule has 2 aromatic carbocycles. The number of benzene rings is 2. The zero-order valence-electron chi connectivity index (χ0n) is 15.0. The third-order valence-corrected chi connectivity index (χ3v) is 5.35. The first kappa shape index (κ1) is 18.8. The first-order chi connectivity index (χ1) is 12.9. The summed E-state index contributed by atoms with van der Waals surface area (Å²) in [6.07, 6.45) is 0.656. The summed E-state index contributed by atoms with van der Waals surface area (Å²) in [5, 5.41) is 15.7. The fourth-order valence-corrected chi connectivity index (χ4v) is 3.69. The Hall–Kier alpha value is -2.93. The Morgan fingerprint density at radius 3 is 2.37 bits per heavy atom. The number of nitrogens with zero attached hydrogens (tertiary/aromatic N) is 2. The molecule has 140 valence electrons. The van der Waals surface area contributed by atoms with Gasteiger partial charge in [0.05, 0.1) is 10.5 Å². The summed E-state index contributed by atoms with van der Waals surface area (Å²) in [4.78, 5) is -0.0222. The van der Waals surface area contributed by atoms with Crippen LogP contribution in [-0.4, -0.2) is 19.5 Å². The highest BCUT2D eigenvalue weighted by Gasteiger charge is 2.18. The van der Waals surface area contributed by atoms with Gasteiger partial charge in [-0.2, -0.15) is 12.8 Å². The van der Waals surface area contributed by atoms with Gasteiger partial charge in [0.2, 0.25) is 0 Å². The van der Waals surface area contributed by atoms with Crippen LogP contribution in [-0.2, 0) is 10.0 Å². The number of hydrogen-bond acceptors (Lipinski definition) is 5. The molecule has 6 nitrogen and oxygen atoms in total. The average molecular weight is 383 g/mol. The Kier molecular flexibility index (Phi) is 5.41. The van der Waals surface area contributed by atoms with Crippen molar-refractivity contribution in [3.05, 3.63) is 60.4 Å². The minimum Gasteiger partial charge on any atom is -0.861 e. The van der Waals surface area contributed by atoms with Gasteiger partial charge in [0, 0.05) is 5.56 Å². The van der Waals surface area contributed by atoms with Crippen molar-refractivity contribution < 1.29 is 18.0 Å². The van der Waals surface area contributed by atoms with Crippen LogP contribution < -0.4 is 5.11 Å². The standard InChI is InChI=1S/C20H20N2O4S/c1-3-7-18(23)22-27(24,25)17-12-10-15(11-13-17)19-14(2)26-21-20(19)16-8-5-4-6-9-16/h4-6,8-13H,3,7H2,1-2H3,(H,22,23)/p-1. The second-order valence-corrected chi connectivity index (χ2v) is 7.67. The van der Waals surface area contributed by atoms with Crippen molar-refractivity contribution in [2.75, 3.05) is 0 Å². The first-order valence-electron chi connectivity index (χ1n) is 8.55. The normalized spacial score (nSPS) is 12.3. The van der Waals surface area contributed by atoms with Crippen LogP contribution in [0.3, 0.4) is 0 Å². The van der Waals surface area contributed by atoms with Crippen molar-refractivity contribution in [1.29, 1.82) is 0 Å². The summed E-state index contributed by atoms with van der Waals surface area (Å²) >= 11 is 0. The summed E-state index contributed by atoms with van der Waals surface area (Å²) < 4.78 is 33.2. The van der Waals surface area contributed by atoms with E-state index in [1.165, 1.54) is 12.1 Å².